The van der Waals surface area contributed by atoms with Crippen LogP contribution in [0.3, 0.4) is 0 Å². The van der Waals surface area contributed by atoms with E-state index < -0.39 is 0 Å². The molecule has 0 unspecified atom stereocenters. The molecule has 0 radical (unpaired) electrons. The molecule has 2 aliphatic rings. The fraction of sp³-hybridized carbons (Fsp3) is 0.600. The number of morpholine rings is 1. The Morgan fingerprint density at radius 3 is 2.21 bits per heavy atom. The maximum atomic E-state index is 5.49. The van der Waals surface area contributed by atoms with Gasteiger partial charge >= 0.3 is 0 Å². The summed E-state index contributed by atoms with van der Waals surface area (Å²) in [6.07, 6.45) is 0. The molecule has 2 saturated heterocycles. The second kappa shape index (κ2) is 6.71. The van der Waals surface area contributed by atoms with E-state index in [1.54, 1.807) is 0 Å². The highest BCUT2D eigenvalue weighted by molar-refractivity contribution is 5.14. The molecule has 0 aromatic heterocycles. The van der Waals surface area contributed by atoms with Crippen LogP contribution in [0.15, 0.2) is 30.3 Å². The first-order valence-corrected chi connectivity index (χ1v) is 7.06. The van der Waals surface area contributed by atoms with Crippen LogP contribution < -0.4 is 12.4 Å². The van der Waals surface area contributed by atoms with E-state index in [9.17, 15) is 0 Å². The van der Waals surface area contributed by atoms with Crippen LogP contribution in [0.5, 0.6) is 0 Å². The summed E-state index contributed by atoms with van der Waals surface area (Å²) in [6.45, 7) is 10.5. The number of hydrogen-bond donors (Lipinski definition) is 0. The lowest BCUT2D eigenvalue weighted by Gasteiger charge is -2.46. The summed E-state index contributed by atoms with van der Waals surface area (Å²) < 4.78 is 6.79. The minimum atomic E-state index is 0. The van der Waals surface area contributed by atoms with Crippen molar-refractivity contribution in [2.24, 2.45) is 0 Å². The Hall–Kier alpha value is -0.610. The van der Waals surface area contributed by atoms with Crippen molar-refractivity contribution in [1.29, 1.82) is 0 Å². The van der Waals surface area contributed by atoms with Gasteiger partial charge in [-0.25, -0.2) is 0 Å². The molecule has 1 aromatic rings. The number of benzene rings is 1. The minimum Gasteiger partial charge on any atom is -1.00 e. The van der Waals surface area contributed by atoms with Crippen LogP contribution >= 0.6 is 0 Å². The van der Waals surface area contributed by atoms with Crippen LogP contribution in [0.2, 0.25) is 0 Å². The smallest absolute Gasteiger partial charge is 0.103 e. The maximum Gasteiger partial charge on any atom is 0.103 e. The number of halogens is 1. The predicted octanol–water partition coefficient (Wildman–Crippen LogP) is -1.65. The molecule has 0 amide bonds. The van der Waals surface area contributed by atoms with E-state index in [4.69, 9.17) is 4.74 Å². The third-order valence-corrected chi connectivity index (χ3v) is 4.45. The summed E-state index contributed by atoms with van der Waals surface area (Å²) in [4.78, 5) is 2.59. The molecule has 1 aromatic carbocycles. The zero-order valence-corrected chi connectivity index (χ0v) is 12.2. The first-order valence-electron chi connectivity index (χ1n) is 7.06. The summed E-state index contributed by atoms with van der Waals surface area (Å²) in [5.41, 5.74) is 1.44. The Morgan fingerprint density at radius 2 is 1.58 bits per heavy atom. The predicted molar refractivity (Wildman–Crippen MR) is 72.3 cm³/mol. The molecule has 0 atom stereocenters. The molecule has 0 aliphatic carbocycles. The average Bonchev–Trinajstić information content (AvgIpc) is 2.44. The van der Waals surface area contributed by atoms with Gasteiger partial charge in [-0.15, -0.1) is 0 Å². The van der Waals surface area contributed by atoms with Gasteiger partial charge in [0.25, 0.3) is 0 Å². The van der Waals surface area contributed by atoms with Gasteiger partial charge in [-0.2, -0.15) is 0 Å². The molecule has 0 N–H and O–H groups in total. The van der Waals surface area contributed by atoms with E-state index in [1.165, 1.54) is 49.3 Å². The average molecular weight is 283 g/mol. The highest BCUT2D eigenvalue weighted by atomic mass is 35.5. The van der Waals surface area contributed by atoms with Crippen molar-refractivity contribution in [1.82, 2.24) is 4.90 Å². The maximum absolute atomic E-state index is 5.49. The van der Waals surface area contributed by atoms with Gasteiger partial charge in [-0.1, -0.05) is 30.3 Å². The summed E-state index contributed by atoms with van der Waals surface area (Å²) >= 11 is 0. The van der Waals surface area contributed by atoms with Crippen molar-refractivity contribution in [3.05, 3.63) is 35.9 Å². The number of quaternary nitrogens is 1. The topological polar surface area (TPSA) is 12.5 Å². The third kappa shape index (κ3) is 3.69. The Bertz CT molecular complexity index is 369. The molecule has 4 heteroatoms. The highest BCUT2D eigenvalue weighted by Gasteiger charge is 2.34. The number of hydrogen-bond acceptors (Lipinski definition) is 2. The van der Waals surface area contributed by atoms with Crippen LogP contribution in [0.25, 0.3) is 0 Å². The van der Waals surface area contributed by atoms with Gasteiger partial charge in [0.15, 0.2) is 0 Å². The lowest BCUT2D eigenvalue weighted by atomic mass is 10.1. The number of piperazine rings is 1. The quantitative estimate of drug-likeness (QED) is 0.603. The van der Waals surface area contributed by atoms with Gasteiger partial charge in [0.05, 0.1) is 26.3 Å². The molecule has 19 heavy (non-hydrogen) atoms. The van der Waals surface area contributed by atoms with Crippen LogP contribution in [-0.2, 0) is 11.3 Å². The largest absolute Gasteiger partial charge is 1.00 e. The summed E-state index contributed by atoms with van der Waals surface area (Å²) in [5, 5.41) is 0. The van der Waals surface area contributed by atoms with E-state index in [0.29, 0.717) is 0 Å². The normalized spacial score (nSPS) is 22.9. The van der Waals surface area contributed by atoms with Crippen LogP contribution in [0.4, 0.5) is 0 Å². The Labute approximate surface area is 122 Å². The molecular formula is C15H23ClN2O. The summed E-state index contributed by atoms with van der Waals surface area (Å²) in [7, 11) is 0. The van der Waals surface area contributed by atoms with E-state index in [1.807, 2.05) is 0 Å². The van der Waals surface area contributed by atoms with Gasteiger partial charge < -0.3 is 21.6 Å². The Balaban J connectivity index is 0.00000133. The monoisotopic (exact) mass is 282 g/mol. The van der Waals surface area contributed by atoms with Crippen molar-refractivity contribution in [2.75, 3.05) is 52.5 Å². The zero-order valence-electron chi connectivity index (χ0n) is 11.4. The van der Waals surface area contributed by atoms with Crippen LogP contribution in [0, 0.1) is 0 Å². The first kappa shape index (κ1) is 14.8. The van der Waals surface area contributed by atoms with Crippen molar-refractivity contribution in [2.45, 2.75) is 6.54 Å². The molecule has 3 nitrogen and oxygen atoms in total. The second-order valence-corrected chi connectivity index (χ2v) is 5.61. The van der Waals surface area contributed by atoms with E-state index in [2.05, 4.69) is 35.2 Å². The molecule has 2 fully saturated rings. The molecule has 106 valence electrons. The molecule has 0 bridgehead atoms. The van der Waals surface area contributed by atoms with Crippen molar-refractivity contribution in [3.63, 3.8) is 0 Å². The van der Waals surface area contributed by atoms with Gasteiger partial charge in [0.2, 0.25) is 0 Å². The Morgan fingerprint density at radius 1 is 0.947 bits per heavy atom. The van der Waals surface area contributed by atoms with Gasteiger partial charge in [0, 0.05) is 19.6 Å². The van der Waals surface area contributed by atoms with Crippen molar-refractivity contribution >= 4 is 0 Å². The molecule has 0 saturated carbocycles. The van der Waals surface area contributed by atoms with E-state index in [0.717, 1.165) is 19.8 Å². The molecule has 1 spiro atoms. The summed E-state index contributed by atoms with van der Waals surface area (Å²) in [5.74, 6) is 0. The van der Waals surface area contributed by atoms with Gasteiger partial charge in [-0.3, -0.25) is 4.90 Å². The first-order chi connectivity index (χ1) is 8.86. The lowest BCUT2D eigenvalue weighted by molar-refractivity contribution is -0.938. The second-order valence-electron chi connectivity index (χ2n) is 5.61. The fourth-order valence-corrected chi connectivity index (χ4v) is 3.11. The number of nitrogens with zero attached hydrogens (tertiary/aromatic N) is 2. The highest BCUT2D eigenvalue weighted by Crippen LogP contribution is 2.17. The molecule has 2 heterocycles. The molecule has 2 aliphatic heterocycles. The zero-order chi connectivity index (χ0) is 12.3. The van der Waals surface area contributed by atoms with E-state index >= 15 is 0 Å². The lowest BCUT2D eigenvalue weighted by Crippen LogP contribution is -3.00. The fourth-order valence-electron chi connectivity index (χ4n) is 3.11. The van der Waals surface area contributed by atoms with Crippen molar-refractivity contribution in [3.8, 4) is 0 Å². The standard InChI is InChI=1S/C15H23N2O.ClH/c1-2-4-15(5-3-1)14-16-6-8-17(9-7-16)10-12-18-13-11-17;/h1-5H,6-14H2;1H/q+1;/p-1. The summed E-state index contributed by atoms with van der Waals surface area (Å²) in [6, 6.07) is 10.8. The SMILES string of the molecule is [Cl-].c1ccc(CN2CC[N+]3(CCOCC3)CC2)cc1. The number of rotatable bonds is 2. The van der Waals surface area contributed by atoms with Crippen molar-refractivity contribution < 1.29 is 21.6 Å². The third-order valence-electron chi connectivity index (χ3n) is 4.45. The van der Waals surface area contributed by atoms with Gasteiger partial charge in [0.1, 0.15) is 13.1 Å². The van der Waals surface area contributed by atoms with Crippen LogP contribution in [-0.4, -0.2) is 61.9 Å². The minimum absolute atomic E-state index is 0. The van der Waals surface area contributed by atoms with Gasteiger partial charge in [-0.05, 0) is 5.56 Å². The van der Waals surface area contributed by atoms with E-state index in [-0.39, 0.29) is 12.4 Å². The molecular weight excluding hydrogens is 260 g/mol. The number of ether oxygens (including phenoxy) is 1. The Kier molecular flexibility index (Phi) is 5.22. The molecule has 3 rings (SSSR count). The van der Waals surface area contributed by atoms with Crippen LogP contribution in [0.1, 0.15) is 5.56 Å².